The Labute approximate surface area is 128 Å². The van der Waals surface area contributed by atoms with Crippen molar-refractivity contribution in [3.8, 4) is 0 Å². The van der Waals surface area contributed by atoms with Crippen molar-refractivity contribution in [2.45, 2.75) is 0 Å². The number of pyridine rings is 1. The third-order valence-corrected chi connectivity index (χ3v) is 3.65. The second-order valence-electron chi connectivity index (χ2n) is 5.10. The molecule has 106 valence electrons. The summed E-state index contributed by atoms with van der Waals surface area (Å²) >= 11 is 0. The van der Waals surface area contributed by atoms with E-state index < -0.39 is 0 Å². The van der Waals surface area contributed by atoms with Gasteiger partial charge < -0.3 is 4.98 Å². The van der Waals surface area contributed by atoms with Gasteiger partial charge in [0, 0.05) is 23.0 Å². The quantitative estimate of drug-likeness (QED) is 0.572. The van der Waals surface area contributed by atoms with E-state index >= 15 is 0 Å². The minimum Gasteiger partial charge on any atom is -0.326 e. The van der Waals surface area contributed by atoms with E-state index in [9.17, 15) is 0 Å². The first-order chi connectivity index (χ1) is 10.9. The van der Waals surface area contributed by atoms with Crippen LogP contribution in [-0.2, 0) is 0 Å². The zero-order chi connectivity index (χ0) is 14.8. The Morgan fingerprint density at radius 2 is 1.36 bits per heavy atom. The highest BCUT2D eigenvalue weighted by atomic mass is 15.2. The molecule has 0 spiro atoms. The summed E-state index contributed by atoms with van der Waals surface area (Å²) in [6, 6.07) is 26.8. The van der Waals surface area contributed by atoms with Gasteiger partial charge in [-0.1, -0.05) is 36.4 Å². The highest BCUT2D eigenvalue weighted by Crippen LogP contribution is 2.34. The van der Waals surface area contributed by atoms with Gasteiger partial charge >= 0.3 is 0 Å². The Bertz CT molecular complexity index is 810. The lowest BCUT2D eigenvalue weighted by molar-refractivity contribution is 1.21. The summed E-state index contributed by atoms with van der Waals surface area (Å²) in [6.07, 6.45) is 1.80. The van der Waals surface area contributed by atoms with E-state index in [2.05, 4.69) is 51.3 Å². The molecule has 0 amide bonds. The van der Waals surface area contributed by atoms with E-state index in [0.29, 0.717) is 0 Å². The maximum Gasteiger partial charge on any atom is 0.138 e. The van der Waals surface area contributed by atoms with Gasteiger partial charge in [0.25, 0.3) is 0 Å². The maximum atomic E-state index is 4.39. The van der Waals surface area contributed by atoms with Crippen molar-refractivity contribution >= 4 is 28.2 Å². The highest BCUT2D eigenvalue weighted by molar-refractivity contribution is 5.85. The number of benzene rings is 2. The molecule has 0 aliphatic rings. The molecule has 3 heteroatoms. The molecular formula is C19H15N3. The molecule has 2 heterocycles. The van der Waals surface area contributed by atoms with Gasteiger partial charge in [-0.3, -0.25) is 4.90 Å². The predicted octanol–water partition coefficient (Wildman–Crippen LogP) is 5.03. The second-order valence-corrected chi connectivity index (χ2v) is 5.10. The van der Waals surface area contributed by atoms with Gasteiger partial charge in [-0.05, 0) is 42.5 Å². The van der Waals surface area contributed by atoms with Crippen molar-refractivity contribution in [3.63, 3.8) is 0 Å². The lowest BCUT2D eigenvalue weighted by atomic mass is 10.2. The number of rotatable bonds is 3. The molecule has 0 unspecified atom stereocenters. The van der Waals surface area contributed by atoms with E-state index in [1.807, 2.05) is 42.5 Å². The predicted molar refractivity (Wildman–Crippen MR) is 90.8 cm³/mol. The molecule has 0 saturated heterocycles. The summed E-state index contributed by atoms with van der Waals surface area (Å²) in [5, 5.41) is 1.11. The lowest BCUT2D eigenvalue weighted by Crippen LogP contribution is -2.09. The Hall–Kier alpha value is -3.07. The number of H-pyrrole nitrogens is 1. The van der Waals surface area contributed by atoms with Crippen molar-refractivity contribution in [1.82, 2.24) is 9.97 Å². The van der Waals surface area contributed by atoms with E-state index in [1.54, 1.807) is 6.20 Å². The van der Waals surface area contributed by atoms with Crippen molar-refractivity contribution in [2.75, 3.05) is 4.90 Å². The standard InChI is InChI=1S/C19H15N3/c1-3-9-16(10-4-1)22(17-11-5-2-6-12-17)18-14-15-8-7-13-20-19(15)21-18/h1-14H,(H,20,21). The van der Waals surface area contributed by atoms with Gasteiger partial charge in [-0.15, -0.1) is 0 Å². The second kappa shape index (κ2) is 5.37. The first-order valence-corrected chi connectivity index (χ1v) is 7.26. The molecule has 4 rings (SSSR count). The number of hydrogen-bond donors (Lipinski definition) is 1. The fourth-order valence-electron chi connectivity index (χ4n) is 2.65. The summed E-state index contributed by atoms with van der Waals surface area (Å²) in [4.78, 5) is 9.99. The van der Waals surface area contributed by atoms with Crippen LogP contribution in [0.5, 0.6) is 0 Å². The molecule has 0 saturated carbocycles. The zero-order valence-electron chi connectivity index (χ0n) is 12.0. The largest absolute Gasteiger partial charge is 0.326 e. The maximum absolute atomic E-state index is 4.39. The molecule has 4 aromatic rings. The van der Waals surface area contributed by atoms with Crippen LogP contribution in [0.3, 0.4) is 0 Å². The topological polar surface area (TPSA) is 31.9 Å². The minimum atomic E-state index is 0.898. The fraction of sp³-hybridized carbons (Fsp3) is 0. The van der Waals surface area contributed by atoms with Crippen LogP contribution in [0, 0.1) is 0 Å². The number of hydrogen-bond acceptors (Lipinski definition) is 2. The minimum absolute atomic E-state index is 0.898. The van der Waals surface area contributed by atoms with Crippen LogP contribution in [0.25, 0.3) is 11.0 Å². The van der Waals surface area contributed by atoms with Crippen LogP contribution in [0.1, 0.15) is 0 Å². The third-order valence-electron chi connectivity index (χ3n) is 3.65. The average Bonchev–Trinajstić information content (AvgIpc) is 3.00. The Morgan fingerprint density at radius 1 is 0.727 bits per heavy atom. The molecular weight excluding hydrogens is 270 g/mol. The number of nitrogens with zero attached hydrogens (tertiary/aromatic N) is 2. The molecule has 0 aliphatic heterocycles. The normalized spacial score (nSPS) is 10.7. The Morgan fingerprint density at radius 3 is 1.95 bits per heavy atom. The lowest BCUT2D eigenvalue weighted by Gasteiger charge is -2.23. The summed E-state index contributed by atoms with van der Waals surface area (Å²) < 4.78 is 0. The zero-order valence-corrected chi connectivity index (χ0v) is 12.0. The molecule has 2 aromatic heterocycles. The molecule has 0 bridgehead atoms. The van der Waals surface area contributed by atoms with E-state index in [0.717, 1.165) is 28.2 Å². The number of aromatic amines is 1. The summed E-state index contributed by atoms with van der Waals surface area (Å²) in [6.45, 7) is 0. The van der Waals surface area contributed by atoms with Gasteiger partial charge in [0.1, 0.15) is 11.5 Å². The smallest absolute Gasteiger partial charge is 0.138 e. The SMILES string of the molecule is c1ccc(N(c2ccccc2)c2cc3cccnc3[nH]2)cc1. The van der Waals surface area contributed by atoms with E-state index in [4.69, 9.17) is 0 Å². The van der Waals surface area contributed by atoms with Crippen LogP contribution < -0.4 is 4.90 Å². The monoisotopic (exact) mass is 285 g/mol. The number of nitrogens with one attached hydrogen (secondary N) is 1. The molecule has 2 aromatic carbocycles. The highest BCUT2D eigenvalue weighted by Gasteiger charge is 2.14. The van der Waals surface area contributed by atoms with Crippen molar-refractivity contribution in [2.24, 2.45) is 0 Å². The van der Waals surface area contributed by atoms with E-state index in [-0.39, 0.29) is 0 Å². The number of para-hydroxylation sites is 2. The van der Waals surface area contributed by atoms with Crippen LogP contribution in [0.4, 0.5) is 17.2 Å². The van der Waals surface area contributed by atoms with Crippen molar-refractivity contribution in [1.29, 1.82) is 0 Å². The third kappa shape index (κ3) is 2.23. The Kier molecular flexibility index (Phi) is 3.09. The fourth-order valence-corrected chi connectivity index (χ4v) is 2.65. The van der Waals surface area contributed by atoms with Crippen LogP contribution >= 0.6 is 0 Å². The van der Waals surface area contributed by atoms with Crippen molar-refractivity contribution < 1.29 is 0 Å². The van der Waals surface area contributed by atoms with Gasteiger partial charge in [0.05, 0.1) is 0 Å². The first-order valence-electron chi connectivity index (χ1n) is 7.26. The molecule has 22 heavy (non-hydrogen) atoms. The number of fused-ring (bicyclic) bond motifs is 1. The van der Waals surface area contributed by atoms with Gasteiger partial charge in [0.15, 0.2) is 0 Å². The van der Waals surface area contributed by atoms with Gasteiger partial charge in [0.2, 0.25) is 0 Å². The van der Waals surface area contributed by atoms with E-state index in [1.165, 1.54) is 0 Å². The average molecular weight is 285 g/mol. The number of anilines is 3. The van der Waals surface area contributed by atoms with Crippen LogP contribution in [0.15, 0.2) is 85.1 Å². The van der Waals surface area contributed by atoms with Gasteiger partial charge in [-0.2, -0.15) is 0 Å². The summed E-state index contributed by atoms with van der Waals surface area (Å²) in [5.41, 5.74) is 3.12. The van der Waals surface area contributed by atoms with Crippen molar-refractivity contribution in [3.05, 3.63) is 85.1 Å². The summed E-state index contributed by atoms with van der Waals surface area (Å²) in [7, 11) is 0. The molecule has 0 atom stereocenters. The molecule has 3 nitrogen and oxygen atoms in total. The van der Waals surface area contributed by atoms with Crippen LogP contribution in [0.2, 0.25) is 0 Å². The molecule has 0 aliphatic carbocycles. The van der Waals surface area contributed by atoms with Gasteiger partial charge in [-0.25, -0.2) is 4.98 Å². The first kappa shape index (κ1) is 12.7. The molecule has 0 fully saturated rings. The van der Waals surface area contributed by atoms with Crippen LogP contribution in [-0.4, -0.2) is 9.97 Å². The molecule has 1 N–H and O–H groups in total. The molecule has 0 radical (unpaired) electrons. The number of aromatic nitrogens is 2. The summed E-state index contributed by atoms with van der Waals surface area (Å²) in [5.74, 6) is 1.01. The Balaban J connectivity index is 1.90.